The predicted molar refractivity (Wildman–Crippen MR) is 86.4 cm³/mol. The van der Waals surface area contributed by atoms with Gasteiger partial charge in [0.05, 0.1) is 6.20 Å². The van der Waals surface area contributed by atoms with Crippen molar-refractivity contribution < 1.29 is 4.79 Å². The van der Waals surface area contributed by atoms with Gasteiger partial charge < -0.3 is 4.90 Å². The van der Waals surface area contributed by atoms with Gasteiger partial charge in [-0.15, -0.1) is 11.8 Å². The Balaban J connectivity index is 2.05. The molecule has 1 amide bonds. The van der Waals surface area contributed by atoms with Crippen LogP contribution in [0.5, 0.6) is 0 Å². The first-order chi connectivity index (χ1) is 10.0. The van der Waals surface area contributed by atoms with Gasteiger partial charge in [-0.1, -0.05) is 12.1 Å². The Bertz CT molecular complexity index is 623. The van der Waals surface area contributed by atoms with Crippen molar-refractivity contribution in [2.75, 3.05) is 13.3 Å². The van der Waals surface area contributed by atoms with E-state index in [0.717, 1.165) is 11.1 Å². The molecule has 0 bridgehead atoms. The molecule has 5 heteroatoms. The Morgan fingerprint density at radius 2 is 2.24 bits per heavy atom. The summed E-state index contributed by atoms with van der Waals surface area (Å²) in [6, 6.07) is 7.99. The molecule has 0 aliphatic rings. The number of nitrogens with zero attached hydrogens (tertiary/aromatic N) is 3. The average Bonchev–Trinajstić information content (AvgIpc) is 2.92. The highest BCUT2D eigenvalue weighted by Gasteiger charge is 2.19. The first kappa shape index (κ1) is 15.6. The van der Waals surface area contributed by atoms with Gasteiger partial charge in [-0.2, -0.15) is 5.10 Å². The van der Waals surface area contributed by atoms with Crippen LogP contribution in [0.15, 0.2) is 41.6 Å². The van der Waals surface area contributed by atoms with E-state index in [1.54, 1.807) is 27.5 Å². The van der Waals surface area contributed by atoms with Gasteiger partial charge in [0.15, 0.2) is 0 Å². The maximum atomic E-state index is 12.5. The van der Waals surface area contributed by atoms with Crippen molar-refractivity contribution in [3.8, 4) is 0 Å². The topological polar surface area (TPSA) is 38.1 Å². The third-order valence-corrected chi connectivity index (χ3v) is 4.14. The first-order valence-electron chi connectivity index (χ1n) is 6.90. The molecular formula is C16H21N3OS. The van der Waals surface area contributed by atoms with E-state index in [2.05, 4.69) is 23.5 Å². The highest BCUT2D eigenvalue weighted by molar-refractivity contribution is 7.98. The van der Waals surface area contributed by atoms with Crippen molar-refractivity contribution in [2.45, 2.75) is 31.3 Å². The molecule has 2 aromatic rings. The van der Waals surface area contributed by atoms with Crippen LogP contribution in [0.4, 0.5) is 0 Å². The molecule has 0 aliphatic carbocycles. The van der Waals surface area contributed by atoms with Crippen LogP contribution in [0.3, 0.4) is 0 Å². The number of benzene rings is 1. The zero-order valence-corrected chi connectivity index (χ0v) is 13.7. The van der Waals surface area contributed by atoms with E-state index in [9.17, 15) is 4.79 Å². The van der Waals surface area contributed by atoms with Gasteiger partial charge in [-0.05, 0) is 43.4 Å². The minimum Gasteiger partial charge on any atom is -0.340 e. The van der Waals surface area contributed by atoms with Gasteiger partial charge in [0.25, 0.3) is 0 Å². The second kappa shape index (κ2) is 6.80. The fourth-order valence-electron chi connectivity index (χ4n) is 2.20. The van der Waals surface area contributed by atoms with Crippen LogP contribution in [-0.4, -0.2) is 33.9 Å². The zero-order valence-electron chi connectivity index (χ0n) is 12.9. The molecule has 0 saturated heterocycles. The van der Waals surface area contributed by atoms with Crippen molar-refractivity contribution in [1.29, 1.82) is 0 Å². The second-order valence-electron chi connectivity index (χ2n) is 5.22. The summed E-state index contributed by atoms with van der Waals surface area (Å²) < 4.78 is 1.71. The molecule has 1 heterocycles. The number of hydrogen-bond acceptors (Lipinski definition) is 3. The number of aromatic nitrogens is 2. The largest absolute Gasteiger partial charge is 0.340 e. The standard InChI is InChI=1S/C16H21N3OS/c1-12-9-17-19(10-12)13(2)16(20)18(3)11-14-6-5-7-15(8-14)21-4/h5-10,13H,11H2,1-4H3/t13-/m1/s1. The van der Waals surface area contributed by atoms with Crippen LogP contribution in [0.25, 0.3) is 0 Å². The summed E-state index contributed by atoms with van der Waals surface area (Å²) >= 11 is 1.71. The SMILES string of the molecule is CSc1cccc(CN(C)C(=O)[C@@H](C)n2cc(C)cn2)c1. The maximum Gasteiger partial charge on any atom is 0.247 e. The van der Waals surface area contributed by atoms with Gasteiger partial charge in [-0.3, -0.25) is 9.48 Å². The highest BCUT2D eigenvalue weighted by Crippen LogP contribution is 2.18. The summed E-state index contributed by atoms with van der Waals surface area (Å²) in [4.78, 5) is 15.4. The Kier molecular flexibility index (Phi) is 5.07. The van der Waals surface area contributed by atoms with Gasteiger partial charge in [0, 0.05) is 24.7 Å². The maximum absolute atomic E-state index is 12.5. The zero-order chi connectivity index (χ0) is 15.4. The van der Waals surface area contributed by atoms with Crippen LogP contribution in [0.2, 0.25) is 0 Å². The molecule has 0 spiro atoms. The van der Waals surface area contributed by atoms with Crippen molar-refractivity contribution in [2.24, 2.45) is 0 Å². The minimum atomic E-state index is -0.285. The lowest BCUT2D eigenvalue weighted by Gasteiger charge is -2.22. The molecule has 1 aromatic heterocycles. The van der Waals surface area contributed by atoms with E-state index in [1.165, 1.54) is 4.90 Å². The lowest BCUT2D eigenvalue weighted by Crippen LogP contribution is -2.33. The van der Waals surface area contributed by atoms with Crippen LogP contribution in [-0.2, 0) is 11.3 Å². The Morgan fingerprint density at radius 3 is 2.86 bits per heavy atom. The van der Waals surface area contributed by atoms with Gasteiger partial charge in [-0.25, -0.2) is 0 Å². The Labute approximate surface area is 130 Å². The van der Waals surface area contributed by atoms with Gasteiger partial charge >= 0.3 is 0 Å². The van der Waals surface area contributed by atoms with E-state index in [-0.39, 0.29) is 11.9 Å². The van der Waals surface area contributed by atoms with Crippen molar-refractivity contribution >= 4 is 17.7 Å². The monoisotopic (exact) mass is 303 g/mol. The summed E-state index contributed by atoms with van der Waals surface area (Å²) in [7, 11) is 1.83. The van der Waals surface area contributed by atoms with Crippen LogP contribution < -0.4 is 0 Å². The second-order valence-corrected chi connectivity index (χ2v) is 6.10. The number of aryl methyl sites for hydroxylation is 1. The summed E-state index contributed by atoms with van der Waals surface area (Å²) in [6.45, 7) is 4.46. The highest BCUT2D eigenvalue weighted by atomic mass is 32.2. The molecule has 0 radical (unpaired) electrons. The van der Waals surface area contributed by atoms with E-state index >= 15 is 0 Å². The molecule has 2 rings (SSSR count). The fourth-order valence-corrected chi connectivity index (χ4v) is 2.68. The third kappa shape index (κ3) is 3.88. The van der Waals surface area contributed by atoms with E-state index in [1.807, 2.05) is 39.2 Å². The number of rotatable bonds is 5. The molecule has 112 valence electrons. The Hall–Kier alpha value is -1.75. The normalized spacial score (nSPS) is 12.2. The quantitative estimate of drug-likeness (QED) is 0.797. The molecule has 1 aromatic carbocycles. The van der Waals surface area contributed by atoms with E-state index < -0.39 is 0 Å². The number of carbonyl (C=O) groups is 1. The van der Waals surface area contributed by atoms with Gasteiger partial charge in [0.2, 0.25) is 5.91 Å². The summed E-state index contributed by atoms with van der Waals surface area (Å²) in [5, 5.41) is 4.22. The molecule has 21 heavy (non-hydrogen) atoms. The van der Waals surface area contributed by atoms with Crippen LogP contribution in [0, 0.1) is 6.92 Å². The number of carbonyl (C=O) groups excluding carboxylic acids is 1. The van der Waals surface area contributed by atoms with Gasteiger partial charge in [0.1, 0.15) is 6.04 Å². The molecule has 0 aliphatic heterocycles. The molecule has 4 nitrogen and oxygen atoms in total. The molecular weight excluding hydrogens is 282 g/mol. The minimum absolute atomic E-state index is 0.0626. The first-order valence-corrected chi connectivity index (χ1v) is 8.12. The summed E-state index contributed by atoms with van der Waals surface area (Å²) in [5.74, 6) is 0.0626. The predicted octanol–water partition coefficient (Wildman–Crippen LogP) is 3.13. The van der Waals surface area contributed by atoms with Crippen molar-refractivity contribution in [3.63, 3.8) is 0 Å². The molecule has 0 N–H and O–H groups in total. The number of thioether (sulfide) groups is 1. The summed E-state index contributed by atoms with van der Waals surface area (Å²) in [5.41, 5.74) is 2.20. The van der Waals surface area contributed by atoms with Crippen molar-refractivity contribution in [3.05, 3.63) is 47.8 Å². The molecule has 0 unspecified atom stereocenters. The fraction of sp³-hybridized carbons (Fsp3) is 0.375. The van der Waals surface area contributed by atoms with Crippen LogP contribution in [0.1, 0.15) is 24.1 Å². The van der Waals surface area contributed by atoms with Crippen molar-refractivity contribution in [1.82, 2.24) is 14.7 Å². The lowest BCUT2D eigenvalue weighted by molar-refractivity contribution is -0.133. The van der Waals surface area contributed by atoms with Crippen LogP contribution >= 0.6 is 11.8 Å². The number of likely N-dealkylation sites (N-methyl/N-ethyl adjacent to an activating group) is 1. The number of amides is 1. The number of hydrogen-bond donors (Lipinski definition) is 0. The average molecular weight is 303 g/mol. The van der Waals surface area contributed by atoms with E-state index in [4.69, 9.17) is 0 Å². The molecule has 0 fully saturated rings. The Morgan fingerprint density at radius 1 is 1.48 bits per heavy atom. The van der Waals surface area contributed by atoms with E-state index in [0.29, 0.717) is 6.54 Å². The molecule has 0 saturated carbocycles. The smallest absolute Gasteiger partial charge is 0.247 e. The third-order valence-electron chi connectivity index (χ3n) is 3.41. The lowest BCUT2D eigenvalue weighted by atomic mass is 10.2. The summed E-state index contributed by atoms with van der Waals surface area (Å²) in [6.07, 6.45) is 5.71. The molecule has 1 atom stereocenters.